The van der Waals surface area contributed by atoms with Gasteiger partial charge in [0.2, 0.25) is 0 Å². The lowest BCUT2D eigenvalue weighted by Crippen LogP contribution is -2.13. The van der Waals surface area contributed by atoms with Gasteiger partial charge in [0.15, 0.2) is 0 Å². The standard InChI is InChI=1S/C14H29NSi/c1-5-8-9-10-11-12-15-13-14(4)16(6-2)7-3/h13,16H,4-12H2,1-3H3. The first-order chi connectivity index (χ1) is 7.76. The Labute approximate surface area is 104 Å². The van der Waals surface area contributed by atoms with Gasteiger partial charge in [0.05, 0.1) is 8.80 Å². The SMILES string of the molecule is C=C(C=NCCCCCCC)[SiH](CC)CC. The van der Waals surface area contributed by atoms with E-state index in [1.807, 2.05) is 0 Å². The maximum atomic E-state index is 4.50. The van der Waals surface area contributed by atoms with Gasteiger partial charge in [0.25, 0.3) is 0 Å². The average molecular weight is 239 g/mol. The van der Waals surface area contributed by atoms with Crippen LogP contribution in [-0.4, -0.2) is 21.6 Å². The molecular formula is C14H29NSi. The van der Waals surface area contributed by atoms with Gasteiger partial charge in [-0.05, 0) is 6.42 Å². The minimum atomic E-state index is -0.700. The molecule has 2 heteroatoms. The molecule has 1 nitrogen and oxygen atoms in total. The summed E-state index contributed by atoms with van der Waals surface area (Å²) < 4.78 is 0. The highest BCUT2D eigenvalue weighted by atomic mass is 28.3. The van der Waals surface area contributed by atoms with Crippen LogP contribution in [0.5, 0.6) is 0 Å². The maximum Gasteiger partial charge on any atom is 0.0715 e. The molecule has 0 bridgehead atoms. The van der Waals surface area contributed by atoms with Crippen molar-refractivity contribution in [1.82, 2.24) is 0 Å². The summed E-state index contributed by atoms with van der Waals surface area (Å²) in [5, 5.41) is 1.35. The van der Waals surface area contributed by atoms with Crippen molar-refractivity contribution in [1.29, 1.82) is 0 Å². The molecule has 94 valence electrons. The minimum absolute atomic E-state index is 0.700. The molecular weight excluding hydrogens is 210 g/mol. The van der Waals surface area contributed by atoms with E-state index in [-0.39, 0.29) is 0 Å². The second-order valence-electron chi connectivity index (χ2n) is 4.54. The van der Waals surface area contributed by atoms with Crippen LogP contribution in [0.25, 0.3) is 0 Å². The lowest BCUT2D eigenvalue weighted by molar-refractivity contribution is 0.639. The molecule has 0 fully saturated rings. The van der Waals surface area contributed by atoms with Gasteiger partial charge in [0.1, 0.15) is 0 Å². The Morgan fingerprint density at radius 2 is 1.69 bits per heavy atom. The molecule has 0 rings (SSSR count). The van der Waals surface area contributed by atoms with E-state index in [1.165, 1.54) is 49.4 Å². The van der Waals surface area contributed by atoms with Crippen molar-refractivity contribution in [2.45, 2.75) is 65.0 Å². The number of nitrogens with zero attached hydrogens (tertiary/aromatic N) is 1. The van der Waals surface area contributed by atoms with Crippen molar-refractivity contribution in [3.63, 3.8) is 0 Å². The van der Waals surface area contributed by atoms with E-state index < -0.39 is 8.80 Å². The van der Waals surface area contributed by atoms with E-state index in [2.05, 4.69) is 38.6 Å². The Hall–Kier alpha value is -0.373. The van der Waals surface area contributed by atoms with E-state index in [0.29, 0.717) is 0 Å². The topological polar surface area (TPSA) is 12.4 Å². The van der Waals surface area contributed by atoms with Crippen LogP contribution in [0.4, 0.5) is 0 Å². The van der Waals surface area contributed by atoms with Gasteiger partial charge >= 0.3 is 0 Å². The van der Waals surface area contributed by atoms with Gasteiger partial charge in [0, 0.05) is 12.8 Å². The fraction of sp³-hybridized carbons (Fsp3) is 0.786. The molecule has 16 heavy (non-hydrogen) atoms. The van der Waals surface area contributed by atoms with Crippen LogP contribution < -0.4 is 0 Å². The second kappa shape index (κ2) is 11.1. The van der Waals surface area contributed by atoms with Crippen LogP contribution in [0, 0.1) is 0 Å². The van der Waals surface area contributed by atoms with Gasteiger partial charge in [-0.1, -0.05) is 70.3 Å². The zero-order valence-corrected chi connectivity index (χ0v) is 12.6. The smallest absolute Gasteiger partial charge is 0.0715 e. The summed E-state index contributed by atoms with van der Waals surface area (Å²) in [7, 11) is -0.700. The normalized spacial score (nSPS) is 11.5. The molecule has 0 N–H and O–H groups in total. The summed E-state index contributed by atoms with van der Waals surface area (Å²) in [6, 6.07) is 2.63. The lowest BCUT2D eigenvalue weighted by Gasteiger charge is -2.09. The lowest BCUT2D eigenvalue weighted by atomic mass is 10.2. The first-order valence-corrected chi connectivity index (χ1v) is 9.15. The molecule has 0 aromatic heterocycles. The molecule has 0 amide bonds. The first kappa shape index (κ1) is 15.6. The third-order valence-corrected chi connectivity index (χ3v) is 6.33. The number of hydrogen-bond donors (Lipinski definition) is 0. The Bertz CT molecular complexity index is 195. The number of aliphatic imine (C=N–C) groups is 1. The Morgan fingerprint density at radius 3 is 2.25 bits per heavy atom. The number of unbranched alkanes of at least 4 members (excludes halogenated alkanes) is 4. The predicted octanol–water partition coefficient (Wildman–Crippen LogP) is 4.39. The summed E-state index contributed by atoms with van der Waals surface area (Å²) in [6.07, 6.45) is 8.70. The van der Waals surface area contributed by atoms with Crippen molar-refractivity contribution in [2.75, 3.05) is 6.54 Å². The molecule has 0 aliphatic carbocycles. The molecule has 0 aromatic carbocycles. The van der Waals surface area contributed by atoms with E-state index in [4.69, 9.17) is 0 Å². The largest absolute Gasteiger partial charge is 0.293 e. The Balaban J connectivity index is 3.55. The van der Waals surface area contributed by atoms with Gasteiger partial charge in [-0.25, -0.2) is 0 Å². The molecule has 0 aliphatic rings. The first-order valence-electron chi connectivity index (χ1n) is 6.94. The van der Waals surface area contributed by atoms with Crippen LogP contribution in [0.1, 0.15) is 52.9 Å². The van der Waals surface area contributed by atoms with Crippen LogP contribution in [-0.2, 0) is 0 Å². The van der Waals surface area contributed by atoms with Crippen LogP contribution in [0.3, 0.4) is 0 Å². The highest BCUT2D eigenvalue weighted by molar-refractivity contribution is 6.70. The van der Waals surface area contributed by atoms with Crippen molar-refractivity contribution in [2.24, 2.45) is 4.99 Å². The Morgan fingerprint density at radius 1 is 1.06 bits per heavy atom. The molecule has 0 aliphatic heterocycles. The Kier molecular flexibility index (Phi) is 10.9. The molecule has 0 aromatic rings. The number of hydrogen-bond acceptors (Lipinski definition) is 1. The van der Waals surface area contributed by atoms with Crippen LogP contribution in [0.2, 0.25) is 12.1 Å². The monoisotopic (exact) mass is 239 g/mol. The molecule has 0 radical (unpaired) electrons. The second-order valence-corrected chi connectivity index (χ2v) is 8.31. The van der Waals surface area contributed by atoms with E-state index >= 15 is 0 Å². The van der Waals surface area contributed by atoms with Crippen LogP contribution in [0.15, 0.2) is 16.8 Å². The summed E-state index contributed by atoms with van der Waals surface area (Å²) >= 11 is 0. The molecule has 0 atom stereocenters. The highest BCUT2D eigenvalue weighted by Crippen LogP contribution is 2.06. The third kappa shape index (κ3) is 7.86. The maximum absolute atomic E-state index is 4.50. The quantitative estimate of drug-likeness (QED) is 0.304. The van der Waals surface area contributed by atoms with E-state index in [0.717, 1.165) is 6.54 Å². The summed E-state index contributed by atoms with van der Waals surface area (Å²) in [6.45, 7) is 12.0. The molecule has 0 saturated carbocycles. The van der Waals surface area contributed by atoms with Crippen molar-refractivity contribution in [3.8, 4) is 0 Å². The van der Waals surface area contributed by atoms with Gasteiger partial charge in [-0.15, -0.1) is 0 Å². The third-order valence-electron chi connectivity index (χ3n) is 3.16. The van der Waals surface area contributed by atoms with Crippen LogP contribution >= 0.6 is 0 Å². The molecule has 0 saturated heterocycles. The summed E-state index contributed by atoms with van der Waals surface area (Å²) in [5.74, 6) is 0. The highest BCUT2D eigenvalue weighted by Gasteiger charge is 2.06. The zero-order valence-electron chi connectivity index (χ0n) is 11.5. The molecule has 0 unspecified atom stereocenters. The summed E-state index contributed by atoms with van der Waals surface area (Å²) in [4.78, 5) is 4.50. The van der Waals surface area contributed by atoms with E-state index in [1.54, 1.807) is 0 Å². The average Bonchev–Trinajstić information content (AvgIpc) is 2.29. The number of allylic oxidation sites excluding steroid dienone is 1. The van der Waals surface area contributed by atoms with Gasteiger partial charge in [-0.3, -0.25) is 4.99 Å². The van der Waals surface area contributed by atoms with Gasteiger partial charge in [-0.2, -0.15) is 0 Å². The van der Waals surface area contributed by atoms with Crippen molar-refractivity contribution >= 4 is 15.0 Å². The summed E-state index contributed by atoms with van der Waals surface area (Å²) in [5.41, 5.74) is 0. The molecule has 0 spiro atoms. The van der Waals surface area contributed by atoms with Crippen molar-refractivity contribution in [3.05, 3.63) is 11.8 Å². The van der Waals surface area contributed by atoms with E-state index in [9.17, 15) is 0 Å². The van der Waals surface area contributed by atoms with Gasteiger partial charge < -0.3 is 0 Å². The number of rotatable bonds is 10. The fourth-order valence-corrected chi connectivity index (χ4v) is 3.85. The predicted molar refractivity (Wildman–Crippen MR) is 79.4 cm³/mol. The fourth-order valence-electron chi connectivity index (χ4n) is 1.91. The van der Waals surface area contributed by atoms with Crippen molar-refractivity contribution < 1.29 is 0 Å². The minimum Gasteiger partial charge on any atom is -0.293 e. The zero-order chi connectivity index (χ0) is 12.2. The molecule has 0 heterocycles.